The van der Waals surface area contributed by atoms with Crippen molar-refractivity contribution in [3.8, 4) is 0 Å². The molecule has 3 heteroatoms. The second-order valence-electron chi connectivity index (χ2n) is 5.24. The summed E-state index contributed by atoms with van der Waals surface area (Å²) >= 11 is 0. The van der Waals surface area contributed by atoms with Crippen molar-refractivity contribution in [1.82, 2.24) is 5.48 Å². The van der Waals surface area contributed by atoms with Crippen LogP contribution in [0.4, 0.5) is 4.39 Å². The number of hydroxylamine groups is 1. The smallest absolute Gasteiger partial charge is 0.123 e. The highest BCUT2D eigenvalue weighted by molar-refractivity contribution is 5.23. The molecular weight excluding hydrogens is 217 g/mol. The maximum absolute atomic E-state index is 12.8. The predicted octanol–water partition coefficient (Wildman–Crippen LogP) is 3.25. The van der Waals surface area contributed by atoms with Gasteiger partial charge in [0.2, 0.25) is 0 Å². The average Bonchev–Trinajstić information content (AvgIpc) is 2.23. The average molecular weight is 237 g/mol. The molecule has 0 aliphatic heterocycles. The molecule has 0 amide bonds. The van der Waals surface area contributed by atoms with Crippen LogP contribution in [0.15, 0.2) is 24.3 Å². The maximum atomic E-state index is 12.8. The highest BCUT2D eigenvalue weighted by Gasteiger charge is 2.30. The maximum Gasteiger partial charge on any atom is 0.123 e. The Kier molecular flexibility index (Phi) is 4.13. The fraction of sp³-hybridized carbons (Fsp3) is 0.571. The van der Waals surface area contributed by atoms with Gasteiger partial charge in [0, 0.05) is 6.04 Å². The van der Waals surface area contributed by atoms with Crippen molar-refractivity contribution in [1.29, 1.82) is 0 Å². The van der Waals surface area contributed by atoms with Gasteiger partial charge in [0.25, 0.3) is 0 Å². The van der Waals surface area contributed by atoms with E-state index in [1.54, 1.807) is 0 Å². The quantitative estimate of drug-likeness (QED) is 0.794. The fourth-order valence-electron chi connectivity index (χ4n) is 2.05. The van der Waals surface area contributed by atoms with Gasteiger partial charge in [0.15, 0.2) is 0 Å². The number of benzene rings is 1. The first kappa shape index (κ1) is 12.5. The SMILES string of the molecule is CC(C)CONC1CC(c2ccc(F)cc2)C1. The Morgan fingerprint density at radius 3 is 2.53 bits per heavy atom. The molecule has 2 rings (SSSR count). The van der Waals surface area contributed by atoms with Crippen molar-refractivity contribution in [2.45, 2.75) is 38.6 Å². The van der Waals surface area contributed by atoms with Crippen LogP contribution >= 0.6 is 0 Å². The Balaban J connectivity index is 1.70. The molecule has 1 N–H and O–H groups in total. The third kappa shape index (κ3) is 3.51. The zero-order valence-electron chi connectivity index (χ0n) is 10.4. The minimum Gasteiger partial charge on any atom is -0.301 e. The number of rotatable bonds is 5. The minimum absolute atomic E-state index is 0.164. The summed E-state index contributed by atoms with van der Waals surface area (Å²) in [5.41, 5.74) is 4.32. The lowest BCUT2D eigenvalue weighted by Gasteiger charge is -2.35. The summed E-state index contributed by atoms with van der Waals surface area (Å²) in [6.07, 6.45) is 2.15. The van der Waals surface area contributed by atoms with Gasteiger partial charge < -0.3 is 4.84 Å². The molecule has 1 aromatic carbocycles. The number of nitrogens with one attached hydrogen (secondary N) is 1. The zero-order chi connectivity index (χ0) is 12.3. The van der Waals surface area contributed by atoms with E-state index < -0.39 is 0 Å². The summed E-state index contributed by atoms with van der Waals surface area (Å²) in [4.78, 5) is 5.39. The van der Waals surface area contributed by atoms with E-state index in [4.69, 9.17) is 4.84 Å². The number of hydrogen-bond donors (Lipinski definition) is 1. The van der Waals surface area contributed by atoms with Crippen molar-refractivity contribution in [3.63, 3.8) is 0 Å². The van der Waals surface area contributed by atoms with Gasteiger partial charge in [-0.1, -0.05) is 26.0 Å². The first-order chi connectivity index (χ1) is 8.15. The van der Waals surface area contributed by atoms with E-state index in [-0.39, 0.29) is 5.82 Å². The Morgan fingerprint density at radius 2 is 1.94 bits per heavy atom. The monoisotopic (exact) mass is 237 g/mol. The van der Waals surface area contributed by atoms with Crippen LogP contribution in [-0.2, 0) is 4.84 Å². The van der Waals surface area contributed by atoms with E-state index in [1.165, 1.54) is 17.7 Å². The third-order valence-electron chi connectivity index (χ3n) is 3.15. The molecule has 0 bridgehead atoms. The molecule has 1 aliphatic rings. The normalized spacial score (nSPS) is 23.8. The van der Waals surface area contributed by atoms with Gasteiger partial charge in [0.05, 0.1) is 6.61 Å². The van der Waals surface area contributed by atoms with Crippen LogP contribution in [0, 0.1) is 11.7 Å². The Bertz CT molecular complexity index is 344. The highest BCUT2D eigenvalue weighted by Crippen LogP contribution is 2.36. The summed E-state index contributed by atoms with van der Waals surface area (Å²) < 4.78 is 12.8. The molecule has 1 fully saturated rings. The molecule has 0 aromatic heterocycles. The lowest BCUT2D eigenvalue weighted by Crippen LogP contribution is -2.40. The van der Waals surface area contributed by atoms with E-state index in [9.17, 15) is 4.39 Å². The molecule has 1 aromatic rings. The van der Waals surface area contributed by atoms with Gasteiger partial charge in [-0.05, 0) is 42.4 Å². The number of hydrogen-bond acceptors (Lipinski definition) is 2. The van der Waals surface area contributed by atoms with Crippen molar-refractivity contribution in [2.75, 3.05) is 6.61 Å². The molecular formula is C14H20FNO. The molecule has 17 heavy (non-hydrogen) atoms. The van der Waals surface area contributed by atoms with Crippen LogP contribution in [0.5, 0.6) is 0 Å². The molecule has 0 spiro atoms. The van der Waals surface area contributed by atoms with Crippen LogP contribution in [0.2, 0.25) is 0 Å². The lowest BCUT2D eigenvalue weighted by atomic mass is 9.76. The molecule has 0 heterocycles. The first-order valence-corrected chi connectivity index (χ1v) is 6.28. The Hall–Kier alpha value is -0.930. The van der Waals surface area contributed by atoms with Crippen molar-refractivity contribution < 1.29 is 9.23 Å². The topological polar surface area (TPSA) is 21.3 Å². The zero-order valence-corrected chi connectivity index (χ0v) is 10.4. The van der Waals surface area contributed by atoms with Gasteiger partial charge in [-0.3, -0.25) is 0 Å². The minimum atomic E-state index is -0.164. The van der Waals surface area contributed by atoms with Crippen LogP contribution in [0.1, 0.15) is 38.2 Å². The molecule has 94 valence electrons. The predicted molar refractivity (Wildman–Crippen MR) is 66.1 cm³/mol. The molecule has 1 saturated carbocycles. The largest absolute Gasteiger partial charge is 0.301 e. The van der Waals surface area contributed by atoms with E-state index in [2.05, 4.69) is 19.3 Å². The van der Waals surface area contributed by atoms with Crippen molar-refractivity contribution in [2.24, 2.45) is 5.92 Å². The summed E-state index contributed by atoms with van der Waals surface area (Å²) in [7, 11) is 0. The molecule has 0 unspecified atom stereocenters. The van der Waals surface area contributed by atoms with Crippen molar-refractivity contribution in [3.05, 3.63) is 35.6 Å². The first-order valence-electron chi connectivity index (χ1n) is 6.28. The van der Waals surface area contributed by atoms with E-state index >= 15 is 0 Å². The molecule has 0 radical (unpaired) electrons. The lowest BCUT2D eigenvalue weighted by molar-refractivity contribution is -0.0212. The van der Waals surface area contributed by atoms with Gasteiger partial charge in [-0.25, -0.2) is 4.39 Å². The molecule has 0 saturated heterocycles. The number of halogens is 1. The summed E-state index contributed by atoms with van der Waals surface area (Å²) in [6.45, 7) is 5.01. The van der Waals surface area contributed by atoms with Crippen LogP contribution in [-0.4, -0.2) is 12.6 Å². The molecule has 1 aliphatic carbocycles. The van der Waals surface area contributed by atoms with Crippen LogP contribution < -0.4 is 5.48 Å². The van der Waals surface area contributed by atoms with Gasteiger partial charge >= 0.3 is 0 Å². The van der Waals surface area contributed by atoms with Gasteiger partial charge in [-0.15, -0.1) is 0 Å². The second kappa shape index (κ2) is 5.61. The molecule has 0 atom stereocenters. The van der Waals surface area contributed by atoms with E-state index in [0.717, 1.165) is 19.4 Å². The third-order valence-corrected chi connectivity index (χ3v) is 3.15. The Morgan fingerprint density at radius 1 is 1.29 bits per heavy atom. The van der Waals surface area contributed by atoms with E-state index in [0.29, 0.717) is 17.9 Å². The van der Waals surface area contributed by atoms with E-state index in [1.807, 2.05) is 12.1 Å². The second-order valence-corrected chi connectivity index (χ2v) is 5.24. The van der Waals surface area contributed by atoms with Crippen molar-refractivity contribution >= 4 is 0 Å². The van der Waals surface area contributed by atoms with Gasteiger partial charge in [-0.2, -0.15) is 5.48 Å². The highest BCUT2D eigenvalue weighted by atomic mass is 19.1. The standard InChI is InChI=1S/C14H20FNO/c1-10(2)9-17-16-14-7-12(8-14)11-3-5-13(15)6-4-11/h3-6,10,12,14,16H,7-9H2,1-2H3. The van der Waals surface area contributed by atoms with Crippen LogP contribution in [0.3, 0.4) is 0 Å². The van der Waals surface area contributed by atoms with Crippen LogP contribution in [0.25, 0.3) is 0 Å². The van der Waals surface area contributed by atoms with Gasteiger partial charge in [0.1, 0.15) is 5.82 Å². The summed E-state index contributed by atoms with van der Waals surface area (Å²) in [5.74, 6) is 0.939. The fourth-order valence-corrected chi connectivity index (χ4v) is 2.05. The summed E-state index contributed by atoms with van der Waals surface area (Å²) in [6, 6.07) is 7.27. The summed E-state index contributed by atoms with van der Waals surface area (Å²) in [5, 5.41) is 0. The molecule has 2 nitrogen and oxygen atoms in total. The Labute approximate surface area is 102 Å².